The summed E-state index contributed by atoms with van der Waals surface area (Å²) in [5, 5.41) is 0. The predicted molar refractivity (Wildman–Crippen MR) is 92.5 cm³/mol. The first-order chi connectivity index (χ1) is 12.5. The van der Waals surface area contributed by atoms with Crippen molar-refractivity contribution in [3.8, 4) is 0 Å². The number of hydrogen-bond donors (Lipinski definition) is 0. The molecule has 1 atom stereocenters. The summed E-state index contributed by atoms with van der Waals surface area (Å²) >= 11 is 0. The van der Waals surface area contributed by atoms with Gasteiger partial charge in [0, 0.05) is 57.7 Å². The van der Waals surface area contributed by atoms with Crippen molar-refractivity contribution in [3.63, 3.8) is 0 Å². The van der Waals surface area contributed by atoms with Crippen LogP contribution < -0.4 is 4.90 Å². The van der Waals surface area contributed by atoms with Gasteiger partial charge in [-0.05, 0) is 30.2 Å². The maximum absolute atomic E-state index is 14.9. The molecule has 0 N–H and O–H groups in total. The molecule has 2 aromatic heterocycles. The van der Waals surface area contributed by atoms with Gasteiger partial charge in [-0.15, -0.1) is 0 Å². The topological polar surface area (TPSA) is 32.3 Å². The van der Waals surface area contributed by atoms with Gasteiger partial charge in [-0.2, -0.15) is 0 Å². The average Bonchev–Trinajstić information content (AvgIpc) is 3.05. The molecule has 26 heavy (non-hydrogen) atoms. The predicted octanol–water partition coefficient (Wildman–Crippen LogP) is 3.35. The second-order valence-electron chi connectivity index (χ2n) is 7.29. The van der Waals surface area contributed by atoms with E-state index >= 15 is 0 Å². The van der Waals surface area contributed by atoms with E-state index in [1.807, 2.05) is 12.1 Å². The van der Waals surface area contributed by atoms with Crippen molar-refractivity contribution >= 4 is 5.82 Å². The van der Waals surface area contributed by atoms with E-state index in [4.69, 9.17) is 0 Å². The highest BCUT2D eigenvalue weighted by Gasteiger charge is 2.59. The summed E-state index contributed by atoms with van der Waals surface area (Å²) in [4.78, 5) is 11.9. The van der Waals surface area contributed by atoms with Crippen LogP contribution in [0.4, 0.5) is 19.0 Å². The standard InChI is InChI=1S/C19H21F3N4/c20-16-4-2-8-24-17(16)26-10-5-18(14-26)13-25(9-6-19(18,21)22)12-15-3-1-7-23-11-15/h1-4,7-8,11H,5-6,9-10,12-14H2/t18-/m1/s1. The number of piperidine rings is 1. The minimum atomic E-state index is -2.77. The fourth-order valence-corrected chi connectivity index (χ4v) is 4.16. The van der Waals surface area contributed by atoms with E-state index in [9.17, 15) is 13.2 Å². The smallest absolute Gasteiger partial charge is 0.257 e. The van der Waals surface area contributed by atoms with Crippen molar-refractivity contribution in [2.24, 2.45) is 5.41 Å². The molecule has 4 heterocycles. The summed E-state index contributed by atoms with van der Waals surface area (Å²) in [5.74, 6) is -3.06. The highest BCUT2D eigenvalue weighted by molar-refractivity contribution is 5.42. The molecule has 0 bridgehead atoms. The third-order valence-corrected chi connectivity index (χ3v) is 5.57. The first-order valence-electron chi connectivity index (χ1n) is 8.84. The third-order valence-electron chi connectivity index (χ3n) is 5.57. The molecule has 2 aliphatic rings. The van der Waals surface area contributed by atoms with Gasteiger partial charge in [0.15, 0.2) is 11.6 Å². The van der Waals surface area contributed by atoms with Crippen LogP contribution >= 0.6 is 0 Å². The van der Waals surface area contributed by atoms with Crippen molar-refractivity contribution in [1.82, 2.24) is 14.9 Å². The molecule has 4 rings (SSSR count). The number of hydrogen-bond acceptors (Lipinski definition) is 4. The van der Waals surface area contributed by atoms with E-state index in [1.165, 1.54) is 18.3 Å². The Balaban J connectivity index is 1.54. The van der Waals surface area contributed by atoms with Crippen LogP contribution in [0.3, 0.4) is 0 Å². The average molecular weight is 362 g/mol. The van der Waals surface area contributed by atoms with Crippen LogP contribution in [-0.4, -0.2) is 47.0 Å². The van der Waals surface area contributed by atoms with E-state index in [-0.39, 0.29) is 18.8 Å². The summed E-state index contributed by atoms with van der Waals surface area (Å²) in [5.41, 5.74) is -0.157. The first-order valence-corrected chi connectivity index (χ1v) is 8.84. The molecular formula is C19H21F3N4. The SMILES string of the molecule is Fc1cccnc1N1CC[C@@]2(CN(Cc3cccnc3)CCC2(F)F)C1. The van der Waals surface area contributed by atoms with Gasteiger partial charge in [0.05, 0.1) is 5.41 Å². The largest absolute Gasteiger partial charge is 0.353 e. The maximum Gasteiger partial charge on any atom is 0.257 e. The lowest BCUT2D eigenvalue weighted by molar-refractivity contribution is -0.158. The molecule has 1 spiro atoms. The molecule has 0 amide bonds. The number of pyridine rings is 2. The highest BCUT2D eigenvalue weighted by atomic mass is 19.3. The van der Waals surface area contributed by atoms with E-state index < -0.39 is 17.2 Å². The highest BCUT2D eigenvalue weighted by Crippen LogP contribution is 2.50. The van der Waals surface area contributed by atoms with Gasteiger partial charge in [-0.25, -0.2) is 18.2 Å². The van der Waals surface area contributed by atoms with Gasteiger partial charge < -0.3 is 4.90 Å². The number of likely N-dealkylation sites (tertiary alicyclic amines) is 1. The van der Waals surface area contributed by atoms with Gasteiger partial charge >= 0.3 is 0 Å². The normalized spacial score (nSPS) is 25.7. The summed E-state index contributed by atoms with van der Waals surface area (Å²) in [6.07, 6.45) is 5.12. The molecule has 0 saturated carbocycles. The Morgan fingerprint density at radius 3 is 2.65 bits per heavy atom. The first kappa shape index (κ1) is 17.3. The second kappa shape index (κ2) is 6.54. The van der Waals surface area contributed by atoms with Gasteiger partial charge in [0.1, 0.15) is 0 Å². The lowest BCUT2D eigenvalue weighted by atomic mass is 9.75. The van der Waals surface area contributed by atoms with E-state index in [2.05, 4.69) is 14.9 Å². The van der Waals surface area contributed by atoms with E-state index in [1.54, 1.807) is 17.3 Å². The van der Waals surface area contributed by atoms with E-state index in [0.717, 1.165) is 5.56 Å². The van der Waals surface area contributed by atoms with Gasteiger partial charge in [-0.3, -0.25) is 9.88 Å². The molecule has 2 aromatic rings. The Bertz CT molecular complexity index is 770. The van der Waals surface area contributed by atoms with Crippen LogP contribution in [0.5, 0.6) is 0 Å². The maximum atomic E-state index is 14.9. The fraction of sp³-hybridized carbons (Fsp3) is 0.474. The second-order valence-corrected chi connectivity index (χ2v) is 7.29. The number of anilines is 1. The molecule has 138 valence electrons. The minimum Gasteiger partial charge on any atom is -0.353 e. The Hall–Kier alpha value is -2.15. The van der Waals surface area contributed by atoms with Crippen LogP contribution in [-0.2, 0) is 6.54 Å². The molecule has 0 radical (unpaired) electrons. The molecular weight excluding hydrogens is 341 g/mol. The van der Waals surface area contributed by atoms with E-state index in [0.29, 0.717) is 32.6 Å². The number of alkyl halides is 2. The third kappa shape index (κ3) is 3.05. The molecule has 7 heteroatoms. The Labute approximate surface area is 150 Å². The number of aromatic nitrogens is 2. The van der Waals surface area contributed by atoms with Crippen LogP contribution in [0.15, 0.2) is 42.9 Å². The zero-order valence-corrected chi connectivity index (χ0v) is 14.4. The lowest BCUT2D eigenvalue weighted by Gasteiger charge is -2.46. The zero-order chi connectivity index (χ0) is 18.2. The zero-order valence-electron chi connectivity index (χ0n) is 14.4. The minimum absolute atomic E-state index is 0.122. The molecule has 0 aliphatic carbocycles. The van der Waals surface area contributed by atoms with Crippen LogP contribution in [0.1, 0.15) is 18.4 Å². The summed E-state index contributed by atoms with van der Waals surface area (Å²) in [7, 11) is 0. The van der Waals surface area contributed by atoms with Gasteiger partial charge in [-0.1, -0.05) is 6.07 Å². The van der Waals surface area contributed by atoms with Crippen LogP contribution in [0, 0.1) is 11.2 Å². The fourth-order valence-electron chi connectivity index (χ4n) is 4.16. The number of halogens is 3. The van der Waals surface area contributed by atoms with Gasteiger partial charge in [0.25, 0.3) is 5.92 Å². The Morgan fingerprint density at radius 1 is 1.04 bits per heavy atom. The summed E-state index contributed by atoms with van der Waals surface area (Å²) in [6, 6.07) is 6.64. The Morgan fingerprint density at radius 2 is 1.88 bits per heavy atom. The molecule has 2 saturated heterocycles. The van der Waals surface area contributed by atoms with Crippen molar-refractivity contribution in [2.45, 2.75) is 25.3 Å². The summed E-state index contributed by atoms with van der Waals surface area (Å²) in [6.45, 7) is 1.76. The molecule has 2 aliphatic heterocycles. The molecule has 2 fully saturated rings. The molecule has 0 unspecified atom stereocenters. The number of nitrogens with zero attached hydrogens (tertiary/aromatic N) is 4. The summed E-state index contributed by atoms with van der Waals surface area (Å²) < 4.78 is 43.8. The van der Waals surface area contributed by atoms with Crippen molar-refractivity contribution in [3.05, 3.63) is 54.2 Å². The van der Waals surface area contributed by atoms with Crippen LogP contribution in [0.25, 0.3) is 0 Å². The van der Waals surface area contributed by atoms with Crippen LogP contribution in [0.2, 0.25) is 0 Å². The quantitative estimate of drug-likeness (QED) is 0.838. The van der Waals surface area contributed by atoms with Gasteiger partial charge in [0.2, 0.25) is 0 Å². The van der Waals surface area contributed by atoms with Crippen molar-refractivity contribution in [1.29, 1.82) is 0 Å². The Kier molecular flexibility index (Phi) is 4.34. The monoisotopic (exact) mass is 362 g/mol. The molecule has 0 aromatic carbocycles. The van der Waals surface area contributed by atoms with Crippen molar-refractivity contribution in [2.75, 3.05) is 31.1 Å². The lowest BCUT2D eigenvalue weighted by Crippen LogP contribution is -2.56. The number of rotatable bonds is 3. The molecule has 4 nitrogen and oxygen atoms in total. The van der Waals surface area contributed by atoms with Crippen molar-refractivity contribution < 1.29 is 13.2 Å².